The van der Waals surface area contributed by atoms with Gasteiger partial charge in [-0.25, -0.2) is 8.42 Å². The first-order valence-corrected chi connectivity index (χ1v) is 10.1. The number of sulfonamides is 1. The molecule has 0 saturated carbocycles. The highest BCUT2D eigenvalue weighted by Crippen LogP contribution is 2.22. The standard InChI is InChI=1S/C19H25NO4S/c1-14(2)11-18(19(21)24-3)20(25(4,22)23)13-15-9-10-16-7-5-6-8-17(16)12-15/h5-10,12,14,18H,11,13H2,1-4H3/t18-/m0/s1. The smallest absolute Gasteiger partial charge is 0.324 e. The summed E-state index contributed by atoms with van der Waals surface area (Å²) in [4.78, 5) is 12.2. The van der Waals surface area contributed by atoms with Crippen molar-refractivity contribution in [1.82, 2.24) is 4.31 Å². The van der Waals surface area contributed by atoms with Gasteiger partial charge in [0.05, 0.1) is 13.4 Å². The maximum Gasteiger partial charge on any atom is 0.324 e. The molecule has 1 atom stereocenters. The van der Waals surface area contributed by atoms with Crippen LogP contribution in [0.25, 0.3) is 10.8 Å². The minimum absolute atomic E-state index is 0.135. The van der Waals surface area contributed by atoms with Gasteiger partial charge in [0, 0.05) is 6.54 Å². The molecule has 2 aromatic carbocycles. The lowest BCUT2D eigenvalue weighted by Crippen LogP contribution is -2.45. The topological polar surface area (TPSA) is 63.7 Å². The molecule has 25 heavy (non-hydrogen) atoms. The number of carbonyl (C=O) groups excluding carboxylic acids is 1. The summed E-state index contributed by atoms with van der Waals surface area (Å²) in [5.41, 5.74) is 0.835. The molecule has 0 N–H and O–H groups in total. The van der Waals surface area contributed by atoms with E-state index >= 15 is 0 Å². The fourth-order valence-corrected chi connectivity index (χ4v) is 3.91. The van der Waals surface area contributed by atoms with Gasteiger partial charge in [-0.2, -0.15) is 4.31 Å². The number of benzene rings is 2. The van der Waals surface area contributed by atoms with Gasteiger partial charge < -0.3 is 4.74 Å². The van der Waals surface area contributed by atoms with Crippen LogP contribution in [0.1, 0.15) is 25.8 Å². The van der Waals surface area contributed by atoms with Crippen molar-refractivity contribution in [3.8, 4) is 0 Å². The monoisotopic (exact) mass is 363 g/mol. The van der Waals surface area contributed by atoms with Gasteiger partial charge in [-0.05, 0) is 34.7 Å². The van der Waals surface area contributed by atoms with Gasteiger partial charge in [-0.1, -0.05) is 50.2 Å². The SMILES string of the molecule is COC(=O)[C@H](CC(C)C)N(Cc1ccc2ccccc2c1)S(C)(=O)=O. The van der Waals surface area contributed by atoms with Gasteiger partial charge in [-0.15, -0.1) is 0 Å². The molecule has 0 aliphatic heterocycles. The highest BCUT2D eigenvalue weighted by molar-refractivity contribution is 7.88. The fourth-order valence-electron chi connectivity index (χ4n) is 2.89. The van der Waals surface area contributed by atoms with Crippen LogP contribution in [-0.4, -0.2) is 38.1 Å². The summed E-state index contributed by atoms with van der Waals surface area (Å²) < 4.78 is 30.8. The molecule has 0 bridgehead atoms. The largest absolute Gasteiger partial charge is 0.468 e. The number of esters is 1. The van der Waals surface area contributed by atoms with Gasteiger partial charge in [0.25, 0.3) is 0 Å². The highest BCUT2D eigenvalue weighted by atomic mass is 32.2. The molecule has 0 spiro atoms. The van der Waals surface area contributed by atoms with Crippen molar-refractivity contribution in [3.63, 3.8) is 0 Å². The Labute approximate surface area is 149 Å². The van der Waals surface area contributed by atoms with E-state index in [1.165, 1.54) is 11.4 Å². The molecule has 6 heteroatoms. The van der Waals surface area contributed by atoms with Crippen LogP contribution in [-0.2, 0) is 26.1 Å². The van der Waals surface area contributed by atoms with E-state index in [2.05, 4.69) is 0 Å². The number of fused-ring (bicyclic) bond motifs is 1. The Bertz CT molecular complexity index is 845. The van der Waals surface area contributed by atoms with Gasteiger partial charge in [0.2, 0.25) is 10.0 Å². The zero-order chi connectivity index (χ0) is 18.6. The molecule has 0 amide bonds. The van der Waals surface area contributed by atoms with Gasteiger partial charge in [-0.3, -0.25) is 4.79 Å². The van der Waals surface area contributed by atoms with E-state index in [9.17, 15) is 13.2 Å². The van der Waals surface area contributed by atoms with E-state index < -0.39 is 22.0 Å². The normalized spacial score (nSPS) is 13.4. The molecular formula is C19H25NO4S. The Balaban J connectivity index is 2.40. The molecule has 2 aromatic rings. The Kier molecular flexibility index (Phi) is 6.19. The van der Waals surface area contributed by atoms with Gasteiger partial charge in [0.1, 0.15) is 6.04 Å². The molecule has 0 aromatic heterocycles. The minimum atomic E-state index is -3.58. The molecular weight excluding hydrogens is 338 g/mol. The van der Waals surface area contributed by atoms with Crippen LogP contribution in [0.5, 0.6) is 0 Å². The lowest BCUT2D eigenvalue weighted by molar-refractivity contribution is -0.145. The van der Waals surface area contributed by atoms with E-state index in [-0.39, 0.29) is 12.5 Å². The number of hydrogen-bond donors (Lipinski definition) is 0. The van der Waals surface area contributed by atoms with Crippen molar-refractivity contribution < 1.29 is 17.9 Å². The number of nitrogens with zero attached hydrogens (tertiary/aromatic N) is 1. The Morgan fingerprint density at radius 2 is 1.76 bits per heavy atom. The van der Waals surface area contributed by atoms with Crippen molar-refractivity contribution in [3.05, 3.63) is 48.0 Å². The second kappa shape index (κ2) is 7.97. The third-order valence-corrected chi connectivity index (χ3v) is 5.33. The summed E-state index contributed by atoms with van der Waals surface area (Å²) >= 11 is 0. The molecule has 0 heterocycles. The van der Waals surface area contributed by atoms with Crippen LogP contribution in [0.4, 0.5) is 0 Å². The number of methoxy groups -OCH3 is 1. The van der Waals surface area contributed by atoms with E-state index in [0.717, 1.165) is 22.6 Å². The Morgan fingerprint density at radius 1 is 1.12 bits per heavy atom. The van der Waals surface area contributed by atoms with Crippen LogP contribution in [0.15, 0.2) is 42.5 Å². The average Bonchev–Trinajstić information content (AvgIpc) is 2.56. The van der Waals surface area contributed by atoms with E-state index in [4.69, 9.17) is 4.74 Å². The van der Waals surface area contributed by atoms with E-state index in [1.54, 1.807) is 0 Å². The zero-order valence-electron chi connectivity index (χ0n) is 15.1. The van der Waals surface area contributed by atoms with Crippen LogP contribution < -0.4 is 0 Å². The lowest BCUT2D eigenvalue weighted by atomic mass is 10.0. The lowest BCUT2D eigenvalue weighted by Gasteiger charge is -2.29. The molecule has 0 aliphatic carbocycles. The quantitative estimate of drug-likeness (QED) is 0.709. The molecule has 5 nitrogen and oxygen atoms in total. The first kappa shape index (κ1) is 19.4. The number of carbonyl (C=O) groups is 1. The first-order valence-electron chi connectivity index (χ1n) is 8.24. The van der Waals surface area contributed by atoms with Gasteiger partial charge >= 0.3 is 5.97 Å². The molecule has 0 fully saturated rings. The van der Waals surface area contributed by atoms with Crippen molar-refractivity contribution in [2.45, 2.75) is 32.9 Å². The molecule has 0 saturated heterocycles. The van der Waals surface area contributed by atoms with Crippen LogP contribution in [0.2, 0.25) is 0 Å². The highest BCUT2D eigenvalue weighted by Gasteiger charge is 2.33. The second-order valence-electron chi connectivity index (χ2n) is 6.66. The summed E-state index contributed by atoms with van der Waals surface area (Å²) in [7, 11) is -2.30. The molecule has 0 unspecified atom stereocenters. The third kappa shape index (κ3) is 5.03. The maximum atomic E-state index is 12.4. The molecule has 136 valence electrons. The molecule has 2 rings (SSSR count). The van der Waals surface area contributed by atoms with Crippen molar-refractivity contribution in [2.24, 2.45) is 5.92 Å². The maximum absolute atomic E-state index is 12.4. The number of ether oxygens (including phenoxy) is 1. The molecule has 0 aliphatic rings. The Morgan fingerprint density at radius 3 is 2.32 bits per heavy atom. The average molecular weight is 363 g/mol. The van der Waals surface area contributed by atoms with E-state index in [0.29, 0.717) is 6.42 Å². The fraction of sp³-hybridized carbons (Fsp3) is 0.421. The minimum Gasteiger partial charge on any atom is -0.468 e. The van der Waals surface area contributed by atoms with Crippen molar-refractivity contribution >= 4 is 26.8 Å². The second-order valence-corrected chi connectivity index (χ2v) is 8.59. The first-order chi connectivity index (χ1) is 11.7. The molecule has 0 radical (unpaired) electrons. The summed E-state index contributed by atoms with van der Waals surface area (Å²) in [6.07, 6.45) is 1.54. The number of hydrogen-bond acceptors (Lipinski definition) is 4. The summed E-state index contributed by atoms with van der Waals surface area (Å²) in [5.74, 6) is -0.370. The van der Waals surface area contributed by atoms with Crippen LogP contribution >= 0.6 is 0 Å². The zero-order valence-corrected chi connectivity index (χ0v) is 15.9. The number of rotatable bonds is 7. The van der Waals surface area contributed by atoms with Crippen LogP contribution in [0.3, 0.4) is 0 Å². The predicted octanol–water partition coefficient (Wildman–Crippen LogP) is 3.19. The van der Waals surface area contributed by atoms with Gasteiger partial charge in [0.15, 0.2) is 0 Å². The Hall–Kier alpha value is -1.92. The van der Waals surface area contributed by atoms with Crippen LogP contribution in [0, 0.1) is 5.92 Å². The van der Waals surface area contributed by atoms with Crippen molar-refractivity contribution in [2.75, 3.05) is 13.4 Å². The van der Waals surface area contributed by atoms with E-state index in [1.807, 2.05) is 56.3 Å². The predicted molar refractivity (Wildman–Crippen MR) is 99.6 cm³/mol. The summed E-state index contributed by atoms with van der Waals surface area (Å²) in [6, 6.07) is 12.9. The third-order valence-electron chi connectivity index (χ3n) is 4.09. The van der Waals surface area contributed by atoms with Crippen molar-refractivity contribution in [1.29, 1.82) is 0 Å². The summed E-state index contributed by atoms with van der Waals surface area (Å²) in [5, 5.41) is 2.12. The summed E-state index contributed by atoms with van der Waals surface area (Å²) in [6.45, 7) is 4.04.